The van der Waals surface area contributed by atoms with Crippen molar-refractivity contribution in [2.24, 2.45) is 5.92 Å². The Hall–Kier alpha value is -2.17. The molecule has 21 heavy (non-hydrogen) atoms. The van der Waals surface area contributed by atoms with Crippen LogP contribution < -0.4 is 4.74 Å². The van der Waals surface area contributed by atoms with E-state index in [2.05, 4.69) is 9.97 Å². The van der Waals surface area contributed by atoms with Crippen LogP contribution in [-0.4, -0.2) is 40.0 Å². The van der Waals surface area contributed by atoms with Crippen molar-refractivity contribution in [3.63, 3.8) is 0 Å². The number of ether oxygens (including phenoxy) is 1. The molecule has 2 aromatic rings. The number of nitrogens with zero attached hydrogens (tertiary/aromatic N) is 3. The zero-order chi connectivity index (χ0) is 14.2. The molecular formula is C16H17N3O2. The summed E-state index contributed by atoms with van der Waals surface area (Å²) in [7, 11) is 0. The minimum atomic E-state index is 0.348. The van der Waals surface area contributed by atoms with Crippen molar-refractivity contribution >= 4 is 17.4 Å². The van der Waals surface area contributed by atoms with Gasteiger partial charge < -0.3 is 9.64 Å². The Balaban J connectivity index is 1.45. The smallest absolute Gasteiger partial charge is 0.232 e. The third-order valence-corrected chi connectivity index (χ3v) is 4.71. The lowest BCUT2D eigenvalue weighted by molar-refractivity contribution is -0.119. The van der Waals surface area contributed by atoms with E-state index in [4.69, 9.17) is 4.74 Å². The Morgan fingerprint density at radius 3 is 2.95 bits per heavy atom. The highest BCUT2D eigenvalue weighted by Gasteiger charge is 2.45. The van der Waals surface area contributed by atoms with Gasteiger partial charge in [0.1, 0.15) is 0 Å². The first-order valence-corrected chi connectivity index (χ1v) is 7.42. The van der Waals surface area contributed by atoms with E-state index in [1.165, 1.54) is 0 Å². The van der Waals surface area contributed by atoms with E-state index in [0.29, 0.717) is 30.5 Å². The largest absolute Gasteiger partial charge is 0.476 e. The topological polar surface area (TPSA) is 55.3 Å². The van der Waals surface area contributed by atoms with Crippen LogP contribution in [0.15, 0.2) is 30.5 Å². The lowest BCUT2D eigenvalue weighted by Gasteiger charge is -2.21. The molecule has 5 heteroatoms. The minimum Gasteiger partial charge on any atom is -0.476 e. The van der Waals surface area contributed by atoms with Crippen LogP contribution in [0.5, 0.6) is 5.88 Å². The van der Waals surface area contributed by atoms with Crippen molar-refractivity contribution < 1.29 is 9.53 Å². The number of aromatic nitrogens is 2. The molecular weight excluding hydrogens is 266 g/mol. The summed E-state index contributed by atoms with van der Waals surface area (Å²) in [6.45, 7) is 0.610. The van der Waals surface area contributed by atoms with Crippen molar-refractivity contribution in [1.29, 1.82) is 0 Å². The summed E-state index contributed by atoms with van der Waals surface area (Å²) in [5.74, 6) is 0.983. The highest BCUT2D eigenvalue weighted by atomic mass is 16.5. The molecule has 108 valence electrons. The molecule has 2 aliphatic rings. The Bertz CT molecular complexity index is 675. The van der Waals surface area contributed by atoms with Gasteiger partial charge in [-0.15, -0.1) is 0 Å². The molecule has 0 N–H and O–H groups in total. The van der Waals surface area contributed by atoms with Crippen molar-refractivity contribution in [1.82, 2.24) is 14.9 Å². The molecule has 1 amide bonds. The quantitative estimate of drug-likeness (QED) is 0.806. The van der Waals surface area contributed by atoms with Crippen molar-refractivity contribution in [3.05, 3.63) is 30.5 Å². The molecule has 1 aromatic heterocycles. The van der Waals surface area contributed by atoms with Gasteiger partial charge in [0.15, 0.2) is 0 Å². The number of carbonyl (C=O) groups excluding carboxylic acids is 1. The maximum absolute atomic E-state index is 11.1. The van der Waals surface area contributed by atoms with E-state index in [-0.39, 0.29) is 0 Å². The molecule has 0 spiro atoms. The second kappa shape index (κ2) is 4.98. The number of rotatable bonds is 4. The Labute approximate surface area is 122 Å². The number of hydrogen-bond acceptors (Lipinski definition) is 4. The normalized spacial score (nSPS) is 27.2. The molecule has 2 aliphatic heterocycles. The molecule has 2 bridgehead atoms. The summed E-state index contributed by atoms with van der Waals surface area (Å²) in [6.07, 6.45) is 5.95. The van der Waals surface area contributed by atoms with E-state index in [1.54, 1.807) is 6.20 Å². The van der Waals surface area contributed by atoms with Gasteiger partial charge >= 0.3 is 0 Å². The van der Waals surface area contributed by atoms with Crippen molar-refractivity contribution in [3.8, 4) is 5.88 Å². The average Bonchev–Trinajstić information content (AvgIpc) is 3.09. The van der Waals surface area contributed by atoms with E-state index in [1.807, 2.05) is 29.2 Å². The van der Waals surface area contributed by atoms with E-state index < -0.39 is 0 Å². The Morgan fingerprint density at radius 1 is 1.29 bits per heavy atom. The number of hydrogen-bond donors (Lipinski definition) is 0. The fraction of sp³-hybridized carbons (Fsp3) is 0.438. The van der Waals surface area contributed by atoms with Crippen LogP contribution in [0.2, 0.25) is 0 Å². The molecule has 3 heterocycles. The van der Waals surface area contributed by atoms with Crippen molar-refractivity contribution in [2.75, 3.05) is 6.61 Å². The average molecular weight is 283 g/mol. The summed E-state index contributed by atoms with van der Waals surface area (Å²) in [5.41, 5.74) is 1.72. The highest BCUT2D eigenvalue weighted by Crippen LogP contribution is 2.40. The summed E-state index contributed by atoms with van der Waals surface area (Å²) in [5, 5.41) is 0. The molecule has 0 aliphatic carbocycles. The predicted octanol–water partition coefficient (Wildman–Crippen LogP) is 2.02. The number of amides is 1. The first kappa shape index (κ1) is 12.6. The van der Waals surface area contributed by atoms with Gasteiger partial charge in [0.2, 0.25) is 12.3 Å². The maximum atomic E-state index is 11.1. The summed E-state index contributed by atoms with van der Waals surface area (Å²) in [4.78, 5) is 21.9. The fourth-order valence-corrected chi connectivity index (χ4v) is 3.70. The highest BCUT2D eigenvalue weighted by molar-refractivity contribution is 5.73. The molecule has 2 saturated heterocycles. The minimum absolute atomic E-state index is 0.348. The molecule has 0 radical (unpaired) electrons. The lowest BCUT2D eigenvalue weighted by atomic mass is 9.90. The zero-order valence-corrected chi connectivity index (χ0v) is 11.7. The van der Waals surface area contributed by atoms with Crippen LogP contribution in [0.25, 0.3) is 11.0 Å². The second-order valence-corrected chi connectivity index (χ2v) is 5.85. The molecule has 1 aromatic carbocycles. The van der Waals surface area contributed by atoms with Gasteiger partial charge in [0.05, 0.1) is 23.8 Å². The number of benzene rings is 1. The zero-order valence-electron chi connectivity index (χ0n) is 11.7. The monoisotopic (exact) mass is 283 g/mol. The van der Waals surface area contributed by atoms with Gasteiger partial charge in [-0.1, -0.05) is 12.1 Å². The lowest BCUT2D eigenvalue weighted by Crippen LogP contribution is -2.30. The van der Waals surface area contributed by atoms with Gasteiger partial charge in [0.25, 0.3) is 0 Å². The number of carbonyl (C=O) groups is 1. The SMILES string of the molecule is O=CN1C2CCC1C(COc1cnc3ccccc3n1)C2. The van der Waals surface area contributed by atoms with Crippen LogP contribution in [0.4, 0.5) is 0 Å². The fourth-order valence-electron chi connectivity index (χ4n) is 3.70. The van der Waals surface area contributed by atoms with Crippen LogP contribution in [0, 0.1) is 5.92 Å². The molecule has 5 nitrogen and oxygen atoms in total. The third-order valence-electron chi connectivity index (χ3n) is 4.71. The molecule has 4 rings (SSSR count). The van der Waals surface area contributed by atoms with E-state index in [0.717, 1.165) is 36.7 Å². The van der Waals surface area contributed by atoms with Gasteiger partial charge in [-0.2, -0.15) is 0 Å². The first-order chi connectivity index (χ1) is 10.3. The molecule has 3 atom stereocenters. The van der Waals surface area contributed by atoms with Gasteiger partial charge in [-0.25, -0.2) is 9.97 Å². The van der Waals surface area contributed by atoms with Crippen LogP contribution in [0.1, 0.15) is 19.3 Å². The van der Waals surface area contributed by atoms with Gasteiger partial charge in [-0.3, -0.25) is 4.79 Å². The van der Waals surface area contributed by atoms with E-state index >= 15 is 0 Å². The first-order valence-electron chi connectivity index (χ1n) is 7.42. The summed E-state index contributed by atoms with van der Waals surface area (Å²) >= 11 is 0. The number of para-hydroxylation sites is 2. The predicted molar refractivity (Wildman–Crippen MR) is 77.9 cm³/mol. The standard InChI is InChI=1S/C16H17N3O2/c20-10-19-12-5-6-15(19)11(7-12)9-21-16-8-17-13-3-1-2-4-14(13)18-16/h1-4,8,10-12,15H,5-7,9H2. The van der Waals surface area contributed by atoms with Crippen molar-refractivity contribution in [2.45, 2.75) is 31.3 Å². The third kappa shape index (κ3) is 2.13. The summed E-state index contributed by atoms with van der Waals surface area (Å²) < 4.78 is 5.83. The molecule has 0 saturated carbocycles. The summed E-state index contributed by atoms with van der Waals surface area (Å²) in [6, 6.07) is 8.52. The van der Waals surface area contributed by atoms with Gasteiger partial charge in [0, 0.05) is 18.0 Å². The van der Waals surface area contributed by atoms with Crippen LogP contribution >= 0.6 is 0 Å². The Morgan fingerprint density at radius 2 is 2.14 bits per heavy atom. The Kier molecular flexibility index (Phi) is 2.98. The molecule has 2 fully saturated rings. The molecule has 3 unspecified atom stereocenters. The number of fused-ring (bicyclic) bond motifs is 3. The maximum Gasteiger partial charge on any atom is 0.232 e. The van der Waals surface area contributed by atoms with Crippen LogP contribution in [0.3, 0.4) is 0 Å². The second-order valence-electron chi connectivity index (χ2n) is 5.85. The van der Waals surface area contributed by atoms with E-state index in [9.17, 15) is 4.79 Å². The van der Waals surface area contributed by atoms with Gasteiger partial charge in [-0.05, 0) is 31.4 Å². The van der Waals surface area contributed by atoms with Crippen LogP contribution in [-0.2, 0) is 4.79 Å².